The Morgan fingerprint density at radius 1 is 1.10 bits per heavy atom. The summed E-state index contributed by atoms with van der Waals surface area (Å²) >= 11 is 0. The van der Waals surface area contributed by atoms with E-state index in [2.05, 4.69) is 28.7 Å². The molecule has 0 saturated heterocycles. The van der Waals surface area contributed by atoms with Gasteiger partial charge in [-0.25, -0.2) is 0 Å². The summed E-state index contributed by atoms with van der Waals surface area (Å²) in [5.74, 6) is 11.2. The van der Waals surface area contributed by atoms with Gasteiger partial charge in [-0.05, 0) is 42.4 Å². The number of ketones is 1. The zero-order valence-corrected chi connectivity index (χ0v) is 23.4. The van der Waals surface area contributed by atoms with Crippen molar-refractivity contribution in [3.05, 3.63) is 46.0 Å². The average molecular weight is 574 g/mol. The van der Waals surface area contributed by atoms with Crippen molar-refractivity contribution in [1.82, 2.24) is 0 Å². The van der Waals surface area contributed by atoms with E-state index < -0.39 is 24.2 Å². The highest BCUT2D eigenvalue weighted by molar-refractivity contribution is 5.79. The van der Waals surface area contributed by atoms with E-state index in [4.69, 9.17) is 20.9 Å². The molecule has 2 aromatic rings. The number of fused-ring (bicyclic) bond motifs is 4. The van der Waals surface area contributed by atoms with E-state index in [9.17, 15) is 25.2 Å². The van der Waals surface area contributed by atoms with Crippen LogP contribution in [-0.2, 0) is 30.5 Å². The standard InChI is InChI=1S/C32H35N3O7/c1-41-29-23-7-3-5-19-13-21-12-18(27(38)14-22(36)10-8-17(23)9-11-26(29)37)4-2-6-20(16-35-32(33)34)25-15-24(21)30(28(19)39)42-31(25)40/h9,11,13,18,20,25,27,31,37-40H,5-6,8,10,12,14-16H2,1H3,(H4,33,34,35)/t18-,20-,25+,27-,31+/m0/s1. The number of carbonyl (C=O) groups is 1. The molecule has 0 spiro atoms. The van der Waals surface area contributed by atoms with Crippen LogP contribution in [0.4, 0.5) is 0 Å². The Morgan fingerprint density at radius 2 is 1.90 bits per heavy atom. The molecule has 5 bridgehead atoms. The zero-order valence-electron chi connectivity index (χ0n) is 23.4. The van der Waals surface area contributed by atoms with Crippen LogP contribution in [0.3, 0.4) is 0 Å². The predicted octanol–water partition coefficient (Wildman–Crippen LogP) is 1.29. The first-order valence-corrected chi connectivity index (χ1v) is 14.0. The summed E-state index contributed by atoms with van der Waals surface area (Å²) in [4.78, 5) is 17.2. The predicted molar refractivity (Wildman–Crippen MR) is 155 cm³/mol. The molecule has 8 N–H and O–H groups in total. The van der Waals surface area contributed by atoms with Crippen LogP contribution in [-0.4, -0.2) is 58.2 Å². The fourth-order valence-corrected chi connectivity index (χ4v) is 5.97. The lowest BCUT2D eigenvalue weighted by Gasteiger charge is -2.37. The van der Waals surface area contributed by atoms with Crippen molar-refractivity contribution in [2.24, 2.45) is 34.2 Å². The Bertz CT molecular complexity index is 1540. The first-order chi connectivity index (χ1) is 20.2. The second kappa shape index (κ2) is 12.2. The van der Waals surface area contributed by atoms with E-state index in [1.165, 1.54) is 13.2 Å². The molecule has 5 rings (SSSR count). The first-order valence-electron chi connectivity index (χ1n) is 14.0. The summed E-state index contributed by atoms with van der Waals surface area (Å²) in [5.41, 5.74) is 14.3. The second-order valence-corrected chi connectivity index (χ2v) is 11.0. The van der Waals surface area contributed by atoms with Crippen LogP contribution in [0.15, 0.2) is 23.2 Å². The maximum Gasteiger partial charge on any atom is 0.201 e. The lowest BCUT2D eigenvalue weighted by molar-refractivity contribution is -0.121. The van der Waals surface area contributed by atoms with Crippen LogP contribution >= 0.6 is 0 Å². The van der Waals surface area contributed by atoms with Crippen LogP contribution in [0, 0.1) is 41.4 Å². The van der Waals surface area contributed by atoms with Crippen molar-refractivity contribution < 1.29 is 34.7 Å². The van der Waals surface area contributed by atoms with Gasteiger partial charge < -0.3 is 41.4 Å². The highest BCUT2D eigenvalue weighted by Crippen LogP contribution is 2.45. The van der Waals surface area contributed by atoms with Gasteiger partial charge in [0.25, 0.3) is 0 Å². The van der Waals surface area contributed by atoms with Gasteiger partial charge in [-0.3, -0.25) is 9.79 Å². The molecule has 10 nitrogen and oxygen atoms in total. The summed E-state index contributed by atoms with van der Waals surface area (Å²) in [7, 11) is 1.43. The lowest BCUT2D eigenvalue weighted by atomic mass is 9.77. The minimum absolute atomic E-state index is 0.0742. The first kappa shape index (κ1) is 29.1. The molecule has 2 aromatic carbocycles. The number of carbonyl (C=O) groups excluding carboxylic acids is 1. The van der Waals surface area contributed by atoms with Gasteiger partial charge in [0.2, 0.25) is 6.29 Å². The number of aromatic hydroxyl groups is 2. The van der Waals surface area contributed by atoms with Gasteiger partial charge in [0.05, 0.1) is 24.7 Å². The molecule has 5 atom stereocenters. The molecular formula is C32H35N3O7. The SMILES string of the molecule is COc1c(O)ccc2c1C#CCc1cc3c4c(c1O)O[C@@H](O)[C@H](C4)[C@H](CN=C(N)N)CC#C[C@@H](C3)[C@@H](O)CC(=O)CC2. The third kappa shape index (κ3) is 5.96. The Hall–Kier alpha value is -4.38. The third-order valence-corrected chi connectivity index (χ3v) is 8.27. The molecule has 0 radical (unpaired) electrons. The Labute approximate surface area is 244 Å². The van der Waals surface area contributed by atoms with Crippen molar-refractivity contribution in [3.63, 3.8) is 0 Å². The summed E-state index contributed by atoms with van der Waals surface area (Å²) in [6.07, 6.45) is -0.682. The van der Waals surface area contributed by atoms with Gasteiger partial charge in [0, 0.05) is 49.3 Å². The maximum atomic E-state index is 13.0. The number of Topliss-reactive ketones (excluding diaryl/α,β-unsaturated/α-hetero) is 1. The quantitative estimate of drug-likeness (QED) is 0.179. The molecule has 0 aromatic heterocycles. The Morgan fingerprint density at radius 3 is 2.67 bits per heavy atom. The number of nitrogens with two attached hydrogens (primary N) is 2. The number of aliphatic hydroxyl groups is 2. The maximum absolute atomic E-state index is 13.0. The van der Waals surface area contributed by atoms with Crippen molar-refractivity contribution in [3.8, 4) is 46.7 Å². The van der Waals surface area contributed by atoms with Crippen molar-refractivity contribution in [1.29, 1.82) is 0 Å². The number of hydrogen-bond acceptors (Lipinski definition) is 8. The number of phenols is 2. The molecule has 3 aliphatic rings. The van der Waals surface area contributed by atoms with E-state index >= 15 is 0 Å². The number of aliphatic imine (C=N–C) groups is 1. The average Bonchev–Trinajstić information content (AvgIpc) is 2.95. The number of guanidine groups is 1. The van der Waals surface area contributed by atoms with Crippen LogP contribution in [0.5, 0.6) is 23.0 Å². The number of ether oxygens (including phenoxy) is 2. The molecule has 42 heavy (non-hydrogen) atoms. The lowest BCUT2D eigenvalue weighted by Crippen LogP contribution is -2.40. The molecule has 2 aliphatic carbocycles. The molecule has 0 saturated carbocycles. The highest BCUT2D eigenvalue weighted by atomic mass is 16.6. The molecule has 0 unspecified atom stereocenters. The highest BCUT2D eigenvalue weighted by Gasteiger charge is 2.38. The second-order valence-electron chi connectivity index (χ2n) is 11.0. The van der Waals surface area contributed by atoms with Gasteiger partial charge in [0.1, 0.15) is 5.78 Å². The van der Waals surface area contributed by atoms with Crippen LogP contribution < -0.4 is 20.9 Å². The number of rotatable bonds is 3. The number of aliphatic hydroxyl groups excluding tert-OH is 2. The fraction of sp³-hybridized carbons (Fsp3) is 0.438. The number of hydrogen-bond donors (Lipinski definition) is 6. The molecule has 220 valence electrons. The summed E-state index contributed by atoms with van der Waals surface area (Å²) in [6, 6.07) is 5.03. The molecule has 1 heterocycles. The normalized spacial score (nSPS) is 24.8. The summed E-state index contributed by atoms with van der Waals surface area (Å²) in [5, 5.41) is 43.9. The van der Waals surface area contributed by atoms with E-state index in [-0.39, 0.29) is 66.5 Å². The largest absolute Gasteiger partial charge is 0.504 e. The van der Waals surface area contributed by atoms with Crippen LogP contribution in [0.1, 0.15) is 47.1 Å². The van der Waals surface area contributed by atoms with E-state index in [0.29, 0.717) is 42.4 Å². The summed E-state index contributed by atoms with van der Waals surface area (Å²) in [6.45, 7) is 0.220. The number of methoxy groups -OCH3 is 1. The van der Waals surface area contributed by atoms with Crippen LogP contribution in [0.25, 0.3) is 0 Å². The van der Waals surface area contributed by atoms with Gasteiger partial charge >= 0.3 is 0 Å². The van der Waals surface area contributed by atoms with Gasteiger partial charge in [-0.15, -0.1) is 5.92 Å². The molecule has 0 amide bonds. The van der Waals surface area contributed by atoms with Crippen molar-refractivity contribution >= 4 is 11.7 Å². The van der Waals surface area contributed by atoms with Crippen molar-refractivity contribution in [2.45, 2.75) is 57.3 Å². The van der Waals surface area contributed by atoms with E-state index in [0.717, 1.165) is 11.1 Å². The van der Waals surface area contributed by atoms with Gasteiger partial charge in [-0.2, -0.15) is 0 Å². The minimum atomic E-state index is -1.23. The Balaban J connectivity index is 1.65. The topological polar surface area (TPSA) is 181 Å². The minimum Gasteiger partial charge on any atom is -0.504 e. The fourth-order valence-electron chi connectivity index (χ4n) is 5.97. The summed E-state index contributed by atoms with van der Waals surface area (Å²) < 4.78 is 11.4. The van der Waals surface area contributed by atoms with E-state index in [1.54, 1.807) is 6.07 Å². The van der Waals surface area contributed by atoms with Gasteiger partial charge in [-0.1, -0.05) is 29.9 Å². The Kier molecular flexibility index (Phi) is 8.49. The smallest absolute Gasteiger partial charge is 0.201 e. The zero-order chi connectivity index (χ0) is 30.0. The number of phenolic OH excluding ortho intramolecular Hbond substituents is 2. The number of nitrogens with zero attached hydrogens (tertiary/aromatic N) is 1. The van der Waals surface area contributed by atoms with Crippen molar-refractivity contribution in [2.75, 3.05) is 13.7 Å². The molecular weight excluding hydrogens is 538 g/mol. The third-order valence-electron chi connectivity index (χ3n) is 8.27. The van der Waals surface area contributed by atoms with Crippen LogP contribution in [0.2, 0.25) is 0 Å². The van der Waals surface area contributed by atoms with E-state index in [1.807, 2.05) is 6.07 Å². The van der Waals surface area contributed by atoms with Gasteiger partial charge in [0.15, 0.2) is 29.0 Å². The monoisotopic (exact) mass is 573 g/mol. The number of benzene rings is 2. The number of aryl methyl sites for hydroxylation is 1. The molecule has 1 aliphatic heterocycles. The molecule has 0 fully saturated rings. The molecule has 10 heteroatoms.